The van der Waals surface area contributed by atoms with E-state index in [4.69, 9.17) is 14.6 Å². The molecule has 0 bridgehead atoms. The van der Waals surface area contributed by atoms with E-state index in [0.29, 0.717) is 17.1 Å². The predicted molar refractivity (Wildman–Crippen MR) is 107 cm³/mol. The van der Waals surface area contributed by atoms with E-state index < -0.39 is 12.1 Å². The summed E-state index contributed by atoms with van der Waals surface area (Å²) in [7, 11) is 1.37. The number of carbonyl (C=O) groups is 2. The van der Waals surface area contributed by atoms with E-state index in [1.165, 1.54) is 7.11 Å². The van der Waals surface area contributed by atoms with Crippen LogP contribution in [0.4, 0.5) is 0 Å². The lowest BCUT2D eigenvalue weighted by atomic mass is 9.71. The van der Waals surface area contributed by atoms with E-state index in [1.807, 2.05) is 6.07 Å². The molecule has 6 heteroatoms. The van der Waals surface area contributed by atoms with Gasteiger partial charge in [0.05, 0.1) is 0 Å². The normalized spacial score (nSPS) is 21.0. The molecule has 1 aromatic carbocycles. The van der Waals surface area contributed by atoms with Crippen LogP contribution in [0.15, 0.2) is 24.3 Å². The third kappa shape index (κ3) is 6.82. The second-order valence-corrected chi connectivity index (χ2v) is 8.68. The molecular weight excluding hydrogens is 358 g/mol. The van der Waals surface area contributed by atoms with Gasteiger partial charge in [-0.1, -0.05) is 32.9 Å². The highest BCUT2D eigenvalue weighted by atomic mass is 16.5. The summed E-state index contributed by atoms with van der Waals surface area (Å²) in [5.74, 6) is 0.130. The van der Waals surface area contributed by atoms with Gasteiger partial charge in [0.1, 0.15) is 5.75 Å². The molecule has 0 aromatic heterocycles. The van der Waals surface area contributed by atoms with Crippen molar-refractivity contribution in [3.63, 3.8) is 0 Å². The van der Waals surface area contributed by atoms with E-state index >= 15 is 0 Å². The highest BCUT2D eigenvalue weighted by Crippen LogP contribution is 2.37. The number of ether oxygens (including phenoxy) is 2. The first kappa shape index (κ1) is 22.2. The lowest BCUT2D eigenvalue weighted by molar-refractivity contribution is -0.148. The van der Waals surface area contributed by atoms with Gasteiger partial charge in [0, 0.05) is 19.6 Å². The second kappa shape index (κ2) is 9.92. The Morgan fingerprint density at radius 3 is 2.46 bits per heavy atom. The summed E-state index contributed by atoms with van der Waals surface area (Å²) in [5, 5.41) is 12.2. The van der Waals surface area contributed by atoms with E-state index in [9.17, 15) is 9.59 Å². The van der Waals surface area contributed by atoms with Crippen LogP contribution in [-0.2, 0) is 20.7 Å². The summed E-state index contributed by atoms with van der Waals surface area (Å²) >= 11 is 0. The molecular formula is C22H33NO5. The van der Waals surface area contributed by atoms with Crippen molar-refractivity contribution in [2.75, 3.05) is 13.7 Å². The minimum absolute atomic E-state index is 0.0463. The topological polar surface area (TPSA) is 84.9 Å². The monoisotopic (exact) mass is 391 g/mol. The minimum Gasteiger partial charge on any atom is -0.484 e. The van der Waals surface area contributed by atoms with Crippen LogP contribution in [0.25, 0.3) is 0 Å². The van der Waals surface area contributed by atoms with Crippen molar-refractivity contribution in [1.29, 1.82) is 0 Å². The van der Waals surface area contributed by atoms with E-state index in [-0.39, 0.29) is 25.0 Å². The molecule has 0 saturated heterocycles. The number of aliphatic carboxylic acids is 1. The molecule has 1 saturated carbocycles. The fourth-order valence-electron chi connectivity index (χ4n) is 3.77. The van der Waals surface area contributed by atoms with Gasteiger partial charge in [-0.25, -0.2) is 4.79 Å². The number of hydrogen-bond donors (Lipinski definition) is 2. The highest BCUT2D eigenvalue weighted by molar-refractivity contribution is 5.77. The molecule has 1 amide bonds. The van der Waals surface area contributed by atoms with E-state index in [0.717, 1.165) is 31.2 Å². The first-order chi connectivity index (χ1) is 13.2. The predicted octanol–water partition coefficient (Wildman–Crippen LogP) is 3.43. The molecule has 156 valence electrons. The van der Waals surface area contributed by atoms with Gasteiger partial charge in [-0.3, -0.25) is 4.79 Å². The maximum absolute atomic E-state index is 12.2. The summed E-state index contributed by atoms with van der Waals surface area (Å²) in [6.07, 6.45) is 3.64. The summed E-state index contributed by atoms with van der Waals surface area (Å²) in [4.78, 5) is 23.3. The van der Waals surface area contributed by atoms with Crippen LogP contribution in [0.5, 0.6) is 5.75 Å². The van der Waals surface area contributed by atoms with Crippen molar-refractivity contribution >= 4 is 11.9 Å². The lowest BCUT2D eigenvalue weighted by Crippen LogP contribution is -2.41. The number of amides is 1. The van der Waals surface area contributed by atoms with E-state index in [2.05, 4.69) is 26.1 Å². The van der Waals surface area contributed by atoms with Gasteiger partial charge in [0.15, 0.2) is 12.7 Å². The molecule has 1 aromatic rings. The SMILES string of the molecule is COC(Cc1cccc(OCC(=O)N[C@H]2CC[C@H](C(C)(C)C)CC2)c1)C(=O)O. The van der Waals surface area contributed by atoms with Crippen molar-refractivity contribution in [1.82, 2.24) is 5.32 Å². The van der Waals surface area contributed by atoms with Crippen LogP contribution in [0.2, 0.25) is 0 Å². The Hall–Kier alpha value is -2.08. The zero-order chi connectivity index (χ0) is 20.7. The van der Waals surface area contributed by atoms with Crippen LogP contribution in [0.1, 0.15) is 52.0 Å². The standard InChI is InChI=1S/C22H33NO5/c1-22(2,3)16-8-10-17(11-9-16)23-20(24)14-28-18-7-5-6-15(12-18)13-19(27-4)21(25)26/h5-7,12,16-17,19H,8-11,13-14H2,1-4H3,(H,23,24)(H,25,26)/t16-,17-,19?. The molecule has 2 N–H and O–H groups in total. The Balaban J connectivity index is 1.79. The fourth-order valence-corrected chi connectivity index (χ4v) is 3.77. The van der Waals surface area contributed by atoms with Gasteiger partial charge in [0.25, 0.3) is 5.91 Å². The smallest absolute Gasteiger partial charge is 0.333 e. The van der Waals surface area contributed by atoms with Gasteiger partial charge in [-0.2, -0.15) is 0 Å². The summed E-state index contributed by atoms with van der Waals surface area (Å²) in [5.41, 5.74) is 1.11. The number of carbonyl (C=O) groups excluding carboxylic acids is 1. The average molecular weight is 392 g/mol. The molecule has 1 atom stereocenters. The fraction of sp³-hybridized carbons (Fsp3) is 0.636. The Morgan fingerprint density at radius 1 is 1.21 bits per heavy atom. The first-order valence-electron chi connectivity index (χ1n) is 9.95. The zero-order valence-corrected chi connectivity index (χ0v) is 17.4. The Labute approximate surface area is 167 Å². The lowest BCUT2D eigenvalue weighted by Gasteiger charge is -2.37. The van der Waals surface area contributed by atoms with Gasteiger partial charge in [-0.05, 0) is 54.7 Å². The quantitative estimate of drug-likeness (QED) is 0.709. The number of rotatable bonds is 8. The summed E-state index contributed by atoms with van der Waals surface area (Å²) < 4.78 is 10.6. The van der Waals surface area contributed by atoms with Crippen LogP contribution >= 0.6 is 0 Å². The van der Waals surface area contributed by atoms with Crippen molar-refractivity contribution in [2.24, 2.45) is 11.3 Å². The van der Waals surface area contributed by atoms with Gasteiger partial charge in [-0.15, -0.1) is 0 Å². The van der Waals surface area contributed by atoms with Crippen molar-refractivity contribution in [3.8, 4) is 5.75 Å². The maximum atomic E-state index is 12.2. The molecule has 0 heterocycles. The zero-order valence-electron chi connectivity index (χ0n) is 17.4. The second-order valence-electron chi connectivity index (χ2n) is 8.68. The maximum Gasteiger partial charge on any atom is 0.333 e. The summed E-state index contributed by atoms with van der Waals surface area (Å²) in [6, 6.07) is 7.32. The number of methoxy groups -OCH3 is 1. The molecule has 1 aliphatic carbocycles. The molecule has 6 nitrogen and oxygen atoms in total. The Morgan fingerprint density at radius 2 is 1.89 bits per heavy atom. The number of nitrogens with one attached hydrogen (secondary N) is 1. The minimum atomic E-state index is -1.01. The molecule has 2 rings (SSSR count). The molecule has 1 aliphatic rings. The van der Waals surface area contributed by atoms with Crippen LogP contribution in [-0.4, -0.2) is 42.8 Å². The van der Waals surface area contributed by atoms with Crippen LogP contribution < -0.4 is 10.1 Å². The summed E-state index contributed by atoms with van der Waals surface area (Å²) in [6.45, 7) is 6.80. The molecule has 0 aliphatic heterocycles. The molecule has 0 radical (unpaired) electrons. The third-order valence-corrected chi connectivity index (χ3v) is 5.57. The molecule has 0 spiro atoms. The highest BCUT2D eigenvalue weighted by Gasteiger charge is 2.30. The van der Waals surface area contributed by atoms with Gasteiger partial charge >= 0.3 is 5.97 Å². The van der Waals surface area contributed by atoms with Gasteiger partial charge in [0.2, 0.25) is 0 Å². The number of carboxylic acid groups (broad SMARTS) is 1. The van der Waals surface area contributed by atoms with Crippen molar-refractivity contribution < 1.29 is 24.2 Å². The number of benzene rings is 1. The molecule has 28 heavy (non-hydrogen) atoms. The first-order valence-corrected chi connectivity index (χ1v) is 9.95. The van der Waals surface area contributed by atoms with Crippen molar-refractivity contribution in [3.05, 3.63) is 29.8 Å². The average Bonchev–Trinajstić information content (AvgIpc) is 2.64. The van der Waals surface area contributed by atoms with Crippen molar-refractivity contribution in [2.45, 2.75) is 65.0 Å². The van der Waals surface area contributed by atoms with Crippen LogP contribution in [0.3, 0.4) is 0 Å². The molecule has 1 fully saturated rings. The number of carboxylic acids is 1. The third-order valence-electron chi connectivity index (χ3n) is 5.57. The van der Waals surface area contributed by atoms with Gasteiger partial charge < -0.3 is 19.9 Å². The molecule has 1 unspecified atom stereocenters. The van der Waals surface area contributed by atoms with Crippen LogP contribution in [0, 0.1) is 11.3 Å². The number of hydrogen-bond acceptors (Lipinski definition) is 4. The van der Waals surface area contributed by atoms with E-state index in [1.54, 1.807) is 18.2 Å². The Bertz CT molecular complexity index is 659. The largest absolute Gasteiger partial charge is 0.484 e. The Kier molecular flexibility index (Phi) is 7.87.